The van der Waals surface area contributed by atoms with Gasteiger partial charge in [0.05, 0.1) is 12.7 Å². The Morgan fingerprint density at radius 2 is 1.89 bits per heavy atom. The van der Waals surface area contributed by atoms with E-state index in [1.54, 1.807) is 31.2 Å². The number of benzene rings is 2. The Morgan fingerprint density at radius 3 is 2.59 bits per heavy atom. The summed E-state index contributed by atoms with van der Waals surface area (Å²) in [6.07, 6.45) is 0. The summed E-state index contributed by atoms with van der Waals surface area (Å²) in [5.41, 5.74) is 1.14. The van der Waals surface area contributed by atoms with E-state index in [0.717, 1.165) is 6.07 Å². The fraction of sp³-hybridized carbons (Fsp3) is 0.150. The normalized spacial score (nSPS) is 10.5. The van der Waals surface area contributed by atoms with Gasteiger partial charge in [0.15, 0.2) is 6.61 Å². The number of methoxy groups -OCH3 is 1. The molecule has 0 amide bonds. The van der Waals surface area contributed by atoms with E-state index in [1.807, 2.05) is 6.07 Å². The van der Waals surface area contributed by atoms with Crippen LogP contribution in [-0.2, 0) is 4.74 Å². The Bertz CT molecular complexity index is 981. The lowest BCUT2D eigenvalue weighted by Crippen LogP contribution is -2.16. The molecule has 138 valence electrons. The maximum absolute atomic E-state index is 13.4. The highest BCUT2D eigenvalue weighted by Crippen LogP contribution is 2.26. The zero-order chi connectivity index (χ0) is 19.4. The molecular formula is C20H16FNO5. The molecule has 27 heavy (non-hydrogen) atoms. The zero-order valence-corrected chi connectivity index (χ0v) is 14.7. The average molecular weight is 369 g/mol. The molecule has 0 aliphatic heterocycles. The number of hydrogen-bond donors (Lipinski definition) is 0. The number of carbonyl (C=O) groups excluding carboxylic acids is 2. The van der Waals surface area contributed by atoms with Crippen molar-refractivity contribution in [2.75, 3.05) is 13.7 Å². The molecule has 0 aliphatic carbocycles. The van der Waals surface area contributed by atoms with E-state index in [9.17, 15) is 14.0 Å². The first kappa shape index (κ1) is 18.3. The number of halogens is 1. The smallest absolute Gasteiger partial charge is 0.344 e. The van der Waals surface area contributed by atoms with Crippen molar-refractivity contribution in [1.29, 1.82) is 0 Å². The number of rotatable bonds is 6. The molecule has 0 atom stereocenters. The summed E-state index contributed by atoms with van der Waals surface area (Å²) in [4.78, 5) is 24.8. The van der Waals surface area contributed by atoms with Crippen LogP contribution in [0.25, 0.3) is 11.3 Å². The quantitative estimate of drug-likeness (QED) is 0.485. The van der Waals surface area contributed by atoms with Crippen LogP contribution in [0.2, 0.25) is 0 Å². The highest BCUT2D eigenvalue weighted by molar-refractivity contribution is 6.02. The van der Waals surface area contributed by atoms with Gasteiger partial charge in [-0.15, -0.1) is 0 Å². The molecule has 3 aromatic rings. The number of Topliss-reactive ketones (excluding diaryl/α,β-unsaturated/α-hetero) is 1. The molecule has 1 heterocycles. The predicted octanol–water partition coefficient (Wildman–Crippen LogP) is 3.84. The maximum Gasteiger partial charge on any atom is 0.344 e. The first-order valence-corrected chi connectivity index (χ1v) is 8.06. The highest BCUT2D eigenvalue weighted by Gasteiger charge is 2.24. The number of carbonyl (C=O) groups is 2. The van der Waals surface area contributed by atoms with E-state index >= 15 is 0 Å². The van der Waals surface area contributed by atoms with Gasteiger partial charge in [-0.1, -0.05) is 35.5 Å². The fourth-order valence-electron chi connectivity index (χ4n) is 2.58. The molecule has 7 heteroatoms. The fourth-order valence-corrected chi connectivity index (χ4v) is 2.58. The van der Waals surface area contributed by atoms with Gasteiger partial charge in [-0.25, -0.2) is 9.18 Å². The number of ether oxygens (including phenoxy) is 2. The van der Waals surface area contributed by atoms with E-state index in [4.69, 9.17) is 14.0 Å². The van der Waals surface area contributed by atoms with Crippen LogP contribution >= 0.6 is 0 Å². The van der Waals surface area contributed by atoms with Crippen LogP contribution in [0.5, 0.6) is 5.75 Å². The first-order valence-electron chi connectivity index (χ1n) is 8.06. The van der Waals surface area contributed by atoms with Crippen molar-refractivity contribution < 1.29 is 28.0 Å². The molecule has 0 fully saturated rings. The van der Waals surface area contributed by atoms with Crippen molar-refractivity contribution >= 4 is 11.8 Å². The maximum atomic E-state index is 13.4. The molecule has 2 aromatic carbocycles. The molecule has 0 saturated carbocycles. The second-order valence-corrected chi connectivity index (χ2v) is 5.67. The number of aryl methyl sites for hydroxylation is 1. The number of esters is 1. The van der Waals surface area contributed by atoms with E-state index in [1.165, 1.54) is 19.2 Å². The molecular weight excluding hydrogens is 353 g/mol. The minimum atomic E-state index is -0.753. The Morgan fingerprint density at radius 1 is 1.15 bits per heavy atom. The standard InChI is InChI=1S/C20H16FNO5/c1-12-18(19(22-27-12)13-6-4-3-5-7-13)20(24)26-11-16(23)15-10-14(21)8-9-17(15)25-2/h3-10H,11H2,1-2H3. The Balaban J connectivity index is 1.79. The number of hydrogen-bond acceptors (Lipinski definition) is 6. The molecule has 3 rings (SSSR count). The molecule has 0 bridgehead atoms. The van der Waals surface area contributed by atoms with Gasteiger partial charge in [0.1, 0.15) is 28.6 Å². The molecule has 0 unspecified atom stereocenters. The van der Waals surface area contributed by atoms with Crippen molar-refractivity contribution in [3.8, 4) is 17.0 Å². The van der Waals surface area contributed by atoms with Crippen molar-refractivity contribution in [2.45, 2.75) is 6.92 Å². The Kier molecular flexibility index (Phi) is 5.30. The van der Waals surface area contributed by atoms with E-state index in [2.05, 4.69) is 5.16 Å². The second-order valence-electron chi connectivity index (χ2n) is 5.67. The van der Waals surface area contributed by atoms with Crippen LogP contribution in [-0.4, -0.2) is 30.6 Å². The summed E-state index contributed by atoms with van der Waals surface area (Å²) in [5.74, 6) is -1.46. The van der Waals surface area contributed by atoms with Gasteiger partial charge in [-0.3, -0.25) is 4.79 Å². The molecule has 0 spiro atoms. The summed E-state index contributed by atoms with van der Waals surface area (Å²) >= 11 is 0. The van der Waals surface area contributed by atoms with Gasteiger partial charge in [0, 0.05) is 5.56 Å². The van der Waals surface area contributed by atoms with Crippen LogP contribution < -0.4 is 4.74 Å². The summed E-state index contributed by atoms with van der Waals surface area (Å²) in [7, 11) is 1.36. The third-order valence-electron chi connectivity index (χ3n) is 3.91. The number of nitrogens with zero attached hydrogens (tertiary/aromatic N) is 1. The van der Waals surface area contributed by atoms with Crippen LogP contribution in [0, 0.1) is 12.7 Å². The van der Waals surface area contributed by atoms with Crippen molar-refractivity contribution in [2.24, 2.45) is 0 Å². The third kappa shape index (κ3) is 3.87. The molecule has 0 radical (unpaired) electrons. The Labute approximate surface area is 154 Å². The van der Waals surface area contributed by atoms with Gasteiger partial charge >= 0.3 is 5.97 Å². The lowest BCUT2D eigenvalue weighted by Gasteiger charge is -2.08. The Hall–Kier alpha value is -3.48. The molecule has 0 N–H and O–H groups in total. The van der Waals surface area contributed by atoms with E-state index in [-0.39, 0.29) is 22.6 Å². The summed E-state index contributed by atoms with van der Waals surface area (Å²) in [5, 5.41) is 3.90. The van der Waals surface area contributed by atoms with Crippen molar-refractivity contribution in [3.05, 3.63) is 71.2 Å². The highest BCUT2D eigenvalue weighted by atomic mass is 19.1. The minimum absolute atomic E-state index is 0.00405. The topological polar surface area (TPSA) is 78.6 Å². The monoisotopic (exact) mass is 369 g/mol. The summed E-state index contributed by atoms with van der Waals surface area (Å²) in [6.45, 7) is 1.00. The molecule has 0 aliphatic rings. The lowest BCUT2D eigenvalue weighted by molar-refractivity contribution is 0.0472. The van der Waals surface area contributed by atoms with Gasteiger partial charge in [-0.2, -0.15) is 0 Å². The lowest BCUT2D eigenvalue weighted by atomic mass is 10.1. The van der Waals surface area contributed by atoms with Crippen molar-refractivity contribution in [3.63, 3.8) is 0 Å². The van der Waals surface area contributed by atoms with Gasteiger partial charge < -0.3 is 14.0 Å². The minimum Gasteiger partial charge on any atom is -0.496 e. The number of ketones is 1. The van der Waals surface area contributed by atoms with Crippen LogP contribution in [0.4, 0.5) is 4.39 Å². The van der Waals surface area contributed by atoms with E-state index in [0.29, 0.717) is 11.3 Å². The molecule has 0 saturated heterocycles. The van der Waals surface area contributed by atoms with Gasteiger partial charge in [0.2, 0.25) is 5.78 Å². The van der Waals surface area contributed by atoms with Crippen LogP contribution in [0.15, 0.2) is 53.1 Å². The largest absolute Gasteiger partial charge is 0.496 e. The average Bonchev–Trinajstić information content (AvgIpc) is 3.08. The van der Waals surface area contributed by atoms with Crippen molar-refractivity contribution in [1.82, 2.24) is 5.16 Å². The third-order valence-corrected chi connectivity index (χ3v) is 3.91. The summed E-state index contributed by atoms with van der Waals surface area (Å²) in [6, 6.07) is 12.5. The van der Waals surface area contributed by atoms with Gasteiger partial charge in [-0.05, 0) is 25.1 Å². The number of aromatic nitrogens is 1. The first-order chi connectivity index (χ1) is 13.0. The predicted molar refractivity (Wildman–Crippen MR) is 94.2 cm³/mol. The van der Waals surface area contributed by atoms with E-state index < -0.39 is 24.2 Å². The second kappa shape index (κ2) is 7.82. The van der Waals surface area contributed by atoms with Crippen LogP contribution in [0.3, 0.4) is 0 Å². The molecule has 6 nitrogen and oxygen atoms in total. The van der Waals surface area contributed by atoms with Gasteiger partial charge in [0.25, 0.3) is 0 Å². The summed E-state index contributed by atoms with van der Waals surface area (Å²) < 4.78 is 28.7. The molecule has 1 aromatic heterocycles. The zero-order valence-electron chi connectivity index (χ0n) is 14.7. The van der Waals surface area contributed by atoms with Crippen LogP contribution in [0.1, 0.15) is 26.5 Å². The SMILES string of the molecule is COc1ccc(F)cc1C(=O)COC(=O)c1c(-c2ccccc2)noc1C.